The normalized spacial score (nSPS) is 10.2. The van der Waals surface area contributed by atoms with Crippen molar-refractivity contribution in [3.63, 3.8) is 0 Å². The molecule has 0 unspecified atom stereocenters. The summed E-state index contributed by atoms with van der Waals surface area (Å²) in [5.74, 6) is -0.172. The molecule has 0 aliphatic heterocycles. The van der Waals surface area contributed by atoms with Gasteiger partial charge in [0.05, 0.1) is 32.0 Å². The number of rotatable bonds is 8. The number of phenolic OH excluding ortho intramolecular Hbond substituents is 1. The average Bonchev–Trinajstić information content (AvgIpc) is 2.97. The van der Waals surface area contributed by atoms with Crippen LogP contribution in [0.2, 0.25) is 0 Å². The topological polar surface area (TPSA) is 91.3 Å². The Labute approximate surface area is 234 Å². The molecule has 4 aromatic rings. The minimum absolute atomic E-state index is 0.0495. The Morgan fingerprint density at radius 3 is 1.55 bits per heavy atom. The van der Waals surface area contributed by atoms with Crippen molar-refractivity contribution in [1.82, 2.24) is 0 Å². The minimum atomic E-state index is -0.459. The van der Waals surface area contributed by atoms with Gasteiger partial charge in [-0.05, 0) is 72.5 Å². The molecule has 0 aromatic heterocycles. The van der Waals surface area contributed by atoms with Gasteiger partial charge in [0.15, 0.2) is 0 Å². The van der Waals surface area contributed by atoms with Gasteiger partial charge in [-0.15, -0.1) is 0 Å². The highest BCUT2D eigenvalue weighted by Crippen LogP contribution is 2.28. The van der Waals surface area contributed by atoms with Gasteiger partial charge < -0.3 is 24.1 Å². The van der Waals surface area contributed by atoms with E-state index < -0.39 is 5.97 Å². The van der Waals surface area contributed by atoms with E-state index in [1.807, 2.05) is 68.4 Å². The fraction of sp³-hybridized carbons (Fsp3) is 0.212. The average molecular weight is 543 g/mol. The number of aromatic hydroxyl groups is 1. The predicted octanol–water partition coefficient (Wildman–Crippen LogP) is 6.63. The third-order valence-corrected chi connectivity index (χ3v) is 5.99. The smallest absolute Gasteiger partial charge is 0.338 e. The van der Waals surface area contributed by atoms with E-state index in [0.717, 1.165) is 27.8 Å². The summed E-state index contributed by atoms with van der Waals surface area (Å²) in [5, 5.41) is 9.65. The molecule has 0 saturated carbocycles. The van der Waals surface area contributed by atoms with Gasteiger partial charge >= 0.3 is 11.9 Å². The Kier molecular flexibility index (Phi) is 10.9. The van der Waals surface area contributed by atoms with E-state index in [-0.39, 0.29) is 11.7 Å². The third-order valence-electron chi connectivity index (χ3n) is 5.99. The second-order valence-electron chi connectivity index (χ2n) is 9.07. The first-order valence-corrected chi connectivity index (χ1v) is 12.7. The number of phenols is 1. The monoisotopic (exact) mass is 542 g/mol. The fourth-order valence-corrected chi connectivity index (χ4v) is 3.83. The van der Waals surface area contributed by atoms with Crippen LogP contribution < -0.4 is 4.74 Å². The number of hydrogen-bond donors (Lipinski definition) is 1. The van der Waals surface area contributed by atoms with Crippen LogP contribution in [-0.2, 0) is 14.2 Å². The van der Waals surface area contributed by atoms with Gasteiger partial charge in [-0.25, -0.2) is 9.59 Å². The van der Waals surface area contributed by atoms with Crippen molar-refractivity contribution in [2.24, 2.45) is 0 Å². The molecule has 0 heterocycles. The number of methoxy groups -OCH3 is 3. The number of carbonyl (C=O) groups is 2. The number of ether oxygens (including phenoxy) is 4. The van der Waals surface area contributed by atoms with Crippen molar-refractivity contribution < 1.29 is 33.6 Å². The number of benzene rings is 4. The lowest BCUT2D eigenvalue weighted by molar-refractivity contribution is 0.0591. The summed E-state index contributed by atoms with van der Waals surface area (Å²) >= 11 is 0. The molecule has 0 amide bonds. The molecule has 1 N–H and O–H groups in total. The molecule has 4 rings (SSSR count). The largest absolute Gasteiger partial charge is 0.508 e. The van der Waals surface area contributed by atoms with Crippen molar-refractivity contribution in [2.75, 3.05) is 34.5 Å². The van der Waals surface area contributed by atoms with Crippen LogP contribution in [0.1, 0.15) is 31.8 Å². The standard InChI is InChI=1S/C18H20O4.C15H14O3/c1-13-4-6-14(7-5-13)15-10-16(18(19)21-3)12-17(11-15)22-9-8-20-2;1-10-3-5-11(6-4-10)12-7-13(15(17)18-2)9-14(16)8-12/h4-7,10-12H,8-9H2,1-3H3;3-9,16H,1-2H3. The first-order chi connectivity index (χ1) is 19.2. The summed E-state index contributed by atoms with van der Waals surface area (Å²) in [4.78, 5) is 23.3. The quantitative estimate of drug-likeness (QED) is 0.197. The van der Waals surface area contributed by atoms with E-state index in [1.165, 1.54) is 25.8 Å². The maximum absolute atomic E-state index is 11.8. The van der Waals surface area contributed by atoms with Crippen molar-refractivity contribution in [2.45, 2.75) is 13.8 Å². The molecule has 0 aliphatic rings. The highest BCUT2D eigenvalue weighted by atomic mass is 16.5. The lowest BCUT2D eigenvalue weighted by Gasteiger charge is -2.11. The van der Waals surface area contributed by atoms with Gasteiger partial charge in [0, 0.05) is 7.11 Å². The number of aryl methyl sites for hydroxylation is 2. The highest BCUT2D eigenvalue weighted by molar-refractivity contribution is 5.92. The van der Waals surface area contributed by atoms with Crippen LogP contribution in [0.4, 0.5) is 0 Å². The van der Waals surface area contributed by atoms with Crippen LogP contribution in [0.3, 0.4) is 0 Å². The zero-order valence-electron chi connectivity index (χ0n) is 23.4. The Hall–Kier alpha value is -4.62. The fourth-order valence-electron chi connectivity index (χ4n) is 3.83. The summed E-state index contributed by atoms with van der Waals surface area (Å²) < 4.78 is 20.1. The lowest BCUT2D eigenvalue weighted by atomic mass is 10.0. The van der Waals surface area contributed by atoms with E-state index in [9.17, 15) is 14.7 Å². The summed E-state index contributed by atoms with van der Waals surface area (Å²) in [5.41, 5.74) is 6.82. The molecule has 0 saturated heterocycles. The minimum Gasteiger partial charge on any atom is -0.508 e. The zero-order chi connectivity index (χ0) is 29.1. The molecule has 7 nitrogen and oxygen atoms in total. The van der Waals surface area contributed by atoms with Crippen LogP contribution >= 0.6 is 0 Å². The van der Waals surface area contributed by atoms with E-state index in [0.29, 0.717) is 30.1 Å². The number of esters is 2. The van der Waals surface area contributed by atoms with Crippen LogP contribution in [-0.4, -0.2) is 51.6 Å². The second kappa shape index (κ2) is 14.5. The predicted molar refractivity (Wildman–Crippen MR) is 155 cm³/mol. The molecule has 7 heteroatoms. The van der Waals surface area contributed by atoms with Crippen molar-refractivity contribution in [3.8, 4) is 33.8 Å². The highest BCUT2D eigenvalue weighted by Gasteiger charge is 2.11. The third kappa shape index (κ3) is 8.44. The number of hydrogen-bond acceptors (Lipinski definition) is 7. The summed E-state index contributed by atoms with van der Waals surface area (Å²) in [6, 6.07) is 26.1. The first-order valence-electron chi connectivity index (χ1n) is 12.7. The molecule has 208 valence electrons. The molecule has 0 spiro atoms. The van der Waals surface area contributed by atoms with Gasteiger partial charge in [-0.3, -0.25) is 0 Å². The van der Waals surface area contributed by atoms with Crippen molar-refractivity contribution >= 4 is 11.9 Å². The molecule has 0 radical (unpaired) electrons. The van der Waals surface area contributed by atoms with Gasteiger partial charge in [0.1, 0.15) is 18.1 Å². The van der Waals surface area contributed by atoms with Gasteiger partial charge in [0.2, 0.25) is 0 Å². The molecule has 0 fully saturated rings. The zero-order valence-corrected chi connectivity index (χ0v) is 23.4. The summed E-state index contributed by atoms with van der Waals surface area (Å²) in [6.07, 6.45) is 0. The maximum Gasteiger partial charge on any atom is 0.338 e. The molecule has 0 aliphatic carbocycles. The van der Waals surface area contributed by atoms with Crippen molar-refractivity contribution in [3.05, 3.63) is 107 Å². The van der Waals surface area contributed by atoms with E-state index in [1.54, 1.807) is 31.4 Å². The van der Waals surface area contributed by atoms with Crippen LogP contribution in [0, 0.1) is 13.8 Å². The Bertz CT molecular complexity index is 1420. The van der Waals surface area contributed by atoms with Gasteiger partial charge in [-0.1, -0.05) is 59.7 Å². The van der Waals surface area contributed by atoms with E-state index in [4.69, 9.17) is 14.2 Å². The molecule has 4 aromatic carbocycles. The van der Waals surface area contributed by atoms with Crippen molar-refractivity contribution in [1.29, 1.82) is 0 Å². The van der Waals surface area contributed by atoms with E-state index in [2.05, 4.69) is 4.74 Å². The van der Waals surface area contributed by atoms with Crippen LogP contribution in [0.25, 0.3) is 22.3 Å². The van der Waals surface area contributed by atoms with Crippen LogP contribution in [0.5, 0.6) is 11.5 Å². The second-order valence-corrected chi connectivity index (χ2v) is 9.07. The number of carbonyl (C=O) groups excluding carboxylic acids is 2. The first kappa shape index (κ1) is 29.9. The lowest BCUT2D eigenvalue weighted by Crippen LogP contribution is -2.06. The van der Waals surface area contributed by atoms with Gasteiger partial charge in [-0.2, -0.15) is 0 Å². The Morgan fingerprint density at radius 2 is 1.07 bits per heavy atom. The van der Waals surface area contributed by atoms with Gasteiger partial charge in [0.25, 0.3) is 0 Å². The Morgan fingerprint density at radius 1 is 0.600 bits per heavy atom. The molecular formula is C33H34O7. The van der Waals surface area contributed by atoms with E-state index >= 15 is 0 Å². The molecule has 0 bridgehead atoms. The Balaban J connectivity index is 0.000000225. The van der Waals surface area contributed by atoms with Crippen LogP contribution in [0.15, 0.2) is 84.9 Å². The summed E-state index contributed by atoms with van der Waals surface area (Å²) in [6.45, 7) is 4.96. The molecule has 0 atom stereocenters. The molecule has 40 heavy (non-hydrogen) atoms. The summed E-state index contributed by atoms with van der Waals surface area (Å²) in [7, 11) is 4.30. The maximum atomic E-state index is 11.8. The SMILES string of the molecule is COC(=O)c1cc(O)cc(-c2ccc(C)cc2)c1.COCCOc1cc(C(=O)OC)cc(-c2ccc(C)cc2)c1. The molecular weight excluding hydrogens is 508 g/mol.